The highest BCUT2D eigenvalue weighted by Gasteiger charge is 2.13. The molecule has 0 fully saturated rings. The molecule has 0 amide bonds. The number of halogens is 1. The number of aromatic nitrogens is 2. The lowest BCUT2D eigenvalue weighted by Crippen LogP contribution is -2.08. The van der Waals surface area contributed by atoms with Crippen LogP contribution < -0.4 is 4.90 Å². The van der Waals surface area contributed by atoms with Gasteiger partial charge in [0.2, 0.25) is 0 Å². The molecule has 0 saturated carbocycles. The minimum atomic E-state index is 0.874. The Hall–Kier alpha value is -1.81. The van der Waals surface area contributed by atoms with Gasteiger partial charge in [0.25, 0.3) is 0 Å². The molecule has 0 N–H and O–H groups in total. The van der Waals surface area contributed by atoms with Crippen LogP contribution in [0.4, 0.5) is 5.69 Å². The van der Waals surface area contributed by atoms with E-state index in [2.05, 4.69) is 67.6 Å². The average molecular weight is 330 g/mol. The molecule has 0 bridgehead atoms. The fourth-order valence-electron chi connectivity index (χ4n) is 2.33. The number of benzene rings is 1. The van der Waals surface area contributed by atoms with Gasteiger partial charge in [0.05, 0.1) is 5.52 Å². The highest BCUT2D eigenvalue weighted by atomic mass is 79.9. The summed E-state index contributed by atoms with van der Waals surface area (Å²) in [5.41, 5.74) is 4.62. The molecule has 0 aliphatic rings. The van der Waals surface area contributed by atoms with E-state index in [1.165, 1.54) is 5.56 Å². The molecule has 20 heavy (non-hydrogen) atoms. The van der Waals surface area contributed by atoms with Gasteiger partial charge in [-0.25, -0.2) is 4.98 Å². The van der Waals surface area contributed by atoms with Gasteiger partial charge in [-0.15, -0.1) is 0 Å². The molecule has 0 aliphatic carbocycles. The van der Waals surface area contributed by atoms with Gasteiger partial charge in [0.15, 0.2) is 0 Å². The van der Waals surface area contributed by atoms with E-state index >= 15 is 0 Å². The average Bonchev–Trinajstić information content (AvgIpc) is 2.76. The van der Waals surface area contributed by atoms with Gasteiger partial charge in [-0.3, -0.25) is 4.40 Å². The number of imidazole rings is 1. The van der Waals surface area contributed by atoms with Crippen molar-refractivity contribution in [3.63, 3.8) is 0 Å². The van der Waals surface area contributed by atoms with Crippen molar-refractivity contribution >= 4 is 27.1 Å². The number of rotatable bonds is 2. The zero-order valence-electron chi connectivity index (χ0n) is 11.8. The predicted octanol–water partition coefficient (Wildman–Crippen LogP) is 4.14. The second-order valence-corrected chi connectivity index (χ2v) is 5.83. The van der Waals surface area contributed by atoms with Crippen LogP contribution in [0.3, 0.4) is 0 Å². The first kappa shape index (κ1) is 13.2. The second kappa shape index (κ2) is 4.94. The largest absolute Gasteiger partial charge is 0.378 e. The minimum Gasteiger partial charge on any atom is -0.378 e. The molecule has 4 heteroatoms. The molecular weight excluding hydrogens is 314 g/mol. The maximum absolute atomic E-state index is 4.68. The molecule has 0 spiro atoms. The number of fused-ring (bicyclic) bond motifs is 1. The Labute approximate surface area is 127 Å². The van der Waals surface area contributed by atoms with Gasteiger partial charge in [-0.2, -0.15) is 0 Å². The maximum Gasteiger partial charge on any atom is 0.146 e. The number of aryl methyl sites for hydroxylation is 1. The van der Waals surface area contributed by atoms with E-state index in [0.29, 0.717) is 0 Å². The normalized spacial score (nSPS) is 11.0. The topological polar surface area (TPSA) is 20.5 Å². The van der Waals surface area contributed by atoms with Crippen molar-refractivity contribution in [1.82, 2.24) is 9.38 Å². The smallest absolute Gasteiger partial charge is 0.146 e. The van der Waals surface area contributed by atoms with Crippen molar-refractivity contribution in [2.24, 2.45) is 0 Å². The highest BCUT2D eigenvalue weighted by Crippen LogP contribution is 2.29. The predicted molar refractivity (Wildman–Crippen MR) is 87.4 cm³/mol. The van der Waals surface area contributed by atoms with E-state index in [-0.39, 0.29) is 0 Å². The summed E-state index contributed by atoms with van der Waals surface area (Å²) in [6.07, 6.45) is 2.07. The van der Waals surface area contributed by atoms with Crippen molar-refractivity contribution in [3.8, 4) is 11.4 Å². The van der Waals surface area contributed by atoms with Crippen molar-refractivity contribution in [3.05, 3.63) is 52.8 Å². The van der Waals surface area contributed by atoms with Crippen LogP contribution in [0.1, 0.15) is 5.56 Å². The van der Waals surface area contributed by atoms with Crippen molar-refractivity contribution in [1.29, 1.82) is 0 Å². The SMILES string of the molecule is Cc1ccccc1-c1nc(Br)c2cc(N(C)C)ccn12. The number of anilines is 1. The van der Waals surface area contributed by atoms with Crippen LogP contribution in [-0.4, -0.2) is 23.5 Å². The van der Waals surface area contributed by atoms with Gasteiger partial charge in [0.1, 0.15) is 10.4 Å². The van der Waals surface area contributed by atoms with E-state index in [1.54, 1.807) is 0 Å². The summed E-state index contributed by atoms with van der Waals surface area (Å²) >= 11 is 3.57. The minimum absolute atomic E-state index is 0.874. The molecule has 102 valence electrons. The fraction of sp³-hybridized carbons (Fsp3) is 0.188. The first-order valence-corrected chi connectivity index (χ1v) is 7.28. The molecule has 3 rings (SSSR count). The third-order valence-corrected chi connectivity index (χ3v) is 4.07. The zero-order chi connectivity index (χ0) is 14.3. The summed E-state index contributed by atoms with van der Waals surface area (Å²) in [4.78, 5) is 6.77. The van der Waals surface area contributed by atoms with Crippen molar-refractivity contribution in [2.75, 3.05) is 19.0 Å². The lowest BCUT2D eigenvalue weighted by molar-refractivity contribution is 1.10. The van der Waals surface area contributed by atoms with Gasteiger partial charge in [-0.1, -0.05) is 24.3 Å². The Balaban J connectivity index is 2.26. The molecular formula is C16H16BrN3. The number of nitrogens with zero attached hydrogens (tertiary/aromatic N) is 3. The summed E-state index contributed by atoms with van der Waals surface area (Å²) in [5.74, 6) is 0.968. The van der Waals surface area contributed by atoms with E-state index in [4.69, 9.17) is 0 Å². The highest BCUT2D eigenvalue weighted by molar-refractivity contribution is 9.10. The van der Waals surface area contributed by atoms with Crippen LogP contribution in [-0.2, 0) is 0 Å². The third kappa shape index (κ3) is 2.10. The van der Waals surface area contributed by atoms with Crippen LogP contribution in [0.15, 0.2) is 47.2 Å². The Bertz CT molecular complexity index is 774. The van der Waals surface area contributed by atoms with Crippen LogP contribution in [0, 0.1) is 6.92 Å². The standard InChI is InChI=1S/C16H16BrN3/c1-11-6-4-5-7-13(11)16-18-15(17)14-10-12(19(2)3)8-9-20(14)16/h4-10H,1-3H3. The molecule has 0 saturated heterocycles. The summed E-state index contributed by atoms with van der Waals surface area (Å²) in [7, 11) is 4.08. The molecule has 2 aromatic heterocycles. The molecule has 0 aliphatic heterocycles. The lowest BCUT2D eigenvalue weighted by Gasteiger charge is -2.13. The fourth-order valence-corrected chi connectivity index (χ4v) is 2.80. The van der Waals surface area contributed by atoms with Crippen molar-refractivity contribution < 1.29 is 0 Å². The number of pyridine rings is 1. The van der Waals surface area contributed by atoms with Crippen LogP contribution >= 0.6 is 15.9 Å². The number of hydrogen-bond donors (Lipinski definition) is 0. The quantitative estimate of drug-likeness (QED) is 0.704. The van der Waals surface area contributed by atoms with E-state index in [0.717, 1.165) is 27.2 Å². The van der Waals surface area contributed by atoms with Gasteiger partial charge in [-0.05, 0) is 40.5 Å². The Morgan fingerprint density at radius 3 is 2.60 bits per heavy atom. The molecule has 2 heterocycles. The van der Waals surface area contributed by atoms with Gasteiger partial charge >= 0.3 is 0 Å². The summed E-state index contributed by atoms with van der Waals surface area (Å²) in [6.45, 7) is 2.11. The zero-order valence-corrected chi connectivity index (χ0v) is 13.3. The maximum atomic E-state index is 4.68. The van der Waals surface area contributed by atoms with Crippen LogP contribution in [0.5, 0.6) is 0 Å². The lowest BCUT2D eigenvalue weighted by atomic mass is 10.1. The summed E-state index contributed by atoms with van der Waals surface area (Å²) in [5, 5.41) is 0. The monoisotopic (exact) mass is 329 g/mol. The van der Waals surface area contributed by atoms with Gasteiger partial charge in [0, 0.05) is 31.5 Å². The first-order valence-electron chi connectivity index (χ1n) is 6.49. The number of hydrogen-bond acceptors (Lipinski definition) is 2. The van der Waals surface area contributed by atoms with Gasteiger partial charge < -0.3 is 4.90 Å². The molecule has 0 atom stereocenters. The Morgan fingerprint density at radius 1 is 1.15 bits per heavy atom. The van der Waals surface area contributed by atoms with Crippen molar-refractivity contribution in [2.45, 2.75) is 6.92 Å². The first-order chi connectivity index (χ1) is 9.58. The summed E-state index contributed by atoms with van der Waals surface area (Å²) < 4.78 is 3.00. The molecule has 3 nitrogen and oxygen atoms in total. The molecule has 3 aromatic rings. The molecule has 1 aromatic carbocycles. The molecule has 0 radical (unpaired) electrons. The Morgan fingerprint density at radius 2 is 1.90 bits per heavy atom. The van der Waals surface area contributed by atoms with E-state index in [1.807, 2.05) is 26.2 Å². The molecule has 0 unspecified atom stereocenters. The third-order valence-electron chi connectivity index (χ3n) is 3.48. The van der Waals surface area contributed by atoms with E-state index < -0.39 is 0 Å². The van der Waals surface area contributed by atoms with Crippen LogP contribution in [0.25, 0.3) is 16.9 Å². The summed E-state index contributed by atoms with van der Waals surface area (Å²) in [6, 6.07) is 12.6. The van der Waals surface area contributed by atoms with Crippen LogP contribution in [0.2, 0.25) is 0 Å². The Kier molecular flexibility index (Phi) is 3.26. The second-order valence-electron chi connectivity index (χ2n) is 5.08. The van der Waals surface area contributed by atoms with E-state index in [9.17, 15) is 0 Å².